The number of sulfonamides is 1. The predicted octanol–water partition coefficient (Wildman–Crippen LogP) is 2.13. The summed E-state index contributed by atoms with van der Waals surface area (Å²) in [6.07, 6.45) is 2.55. The fourth-order valence-corrected chi connectivity index (χ4v) is 2.11. The smallest absolute Gasteiger partial charge is 0.214 e. The molecule has 1 aromatic rings. The summed E-state index contributed by atoms with van der Waals surface area (Å²) in [7, 11) is -3.26. The molecule has 1 N–H and O–H groups in total. The normalized spacial score (nSPS) is 10.8. The fraction of sp³-hybridized carbons (Fsp3) is 0.375. The van der Waals surface area contributed by atoms with Crippen molar-refractivity contribution in [3.63, 3.8) is 0 Å². The molecule has 0 fully saturated rings. The molecular formula is C16H21NO3S. The van der Waals surface area contributed by atoms with Crippen molar-refractivity contribution in [1.82, 2.24) is 4.72 Å². The molecule has 0 spiro atoms. The van der Waals surface area contributed by atoms with Crippen LogP contribution in [0.1, 0.15) is 19.4 Å². The van der Waals surface area contributed by atoms with Crippen molar-refractivity contribution in [2.75, 3.05) is 13.2 Å². The van der Waals surface area contributed by atoms with Crippen LogP contribution in [0.25, 0.3) is 0 Å². The minimum absolute atomic E-state index is 0.0954. The van der Waals surface area contributed by atoms with Crippen LogP contribution in [0, 0.1) is 11.8 Å². The molecule has 0 saturated heterocycles. The Labute approximate surface area is 127 Å². The average molecular weight is 307 g/mol. The van der Waals surface area contributed by atoms with Gasteiger partial charge in [-0.2, -0.15) is 0 Å². The van der Waals surface area contributed by atoms with Gasteiger partial charge >= 0.3 is 0 Å². The molecule has 0 saturated carbocycles. The number of allylic oxidation sites excluding steroid dienone is 1. The highest BCUT2D eigenvalue weighted by molar-refractivity contribution is 7.90. The monoisotopic (exact) mass is 307 g/mol. The van der Waals surface area contributed by atoms with E-state index in [9.17, 15) is 8.42 Å². The van der Waals surface area contributed by atoms with Gasteiger partial charge in [0.25, 0.3) is 0 Å². The van der Waals surface area contributed by atoms with Crippen LogP contribution in [0.2, 0.25) is 0 Å². The zero-order valence-electron chi connectivity index (χ0n) is 12.4. The standard InChI is InChI=1S/C16H21NO3S/c1-4-9-15-10-5-6-11-16(15)20-13-8-7-12-17-21(18,19)14(2)3/h4-6,10-11,14,17H,1,9,12-13H2,2-3H3. The second-order valence-electron chi connectivity index (χ2n) is 4.66. The molecule has 4 nitrogen and oxygen atoms in total. The molecule has 1 aromatic carbocycles. The van der Waals surface area contributed by atoms with Crippen LogP contribution < -0.4 is 9.46 Å². The van der Waals surface area contributed by atoms with Crippen molar-refractivity contribution in [1.29, 1.82) is 0 Å². The third kappa shape index (κ3) is 6.03. The Hall–Kier alpha value is -1.77. The number of hydrogen-bond donors (Lipinski definition) is 1. The van der Waals surface area contributed by atoms with Crippen molar-refractivity contribution in [3.05, 3.63) is 42.5 Å². The van der Waals surface area contributed by atoms with E-state index >= 15 is 0 Å². The zero-order chi connectivity index (χ0) is 15.7. The molecule has 0 aliphatic heterocycles. The molecule has 114 valence electrons. The Morgan fingerprint density at radius 3 is 2.71 bits per heavy atom. The summed E-state index contributed by atoms with van der Waals surface area (Å²) in [5, 5.41) is -0.457. The highest BCUT2D eigenvalue weighted by atomic mass is 32.2. The van der Waals surface area contributed by atoms with Crippen molar-refractivity contribution < 1.29 is 13.2 Å². The van der Waals surface area contributed by atoms with Crippen LogP contribution >= 0.6 is 0 Å². The molecule has 21 heavy (non-hydrogen) atoms. The fourth-order valence-electron chi connectivity index (χ4n) is 1.50. The lowest BCUT2D eigenvalue weighted by molar-refractivity contribution is 0.366. The van der Waals surface area contributed by atoms with E-state index in [0.29, 0.717) is 0 Å². The molecule has 5 heteroatoms. The summed E-state index contributed by atoms with van der Waals surface area (Å²) < 4.78 is 31.0. The van der Waals surface area contributed by atoms with E-state index in [1.807, 2.05) is 30.3 Å². The van der Waals surface area contributed by atoms with Gasteiger partial charge in [0.1, 0.15) is 12.4 Å². The van der Waals surface area contributed by atoms with E-state index in [2.05, 4.69) is 23.1 Å². The highest BCUT2D eigenvalue weighted by Gasteiger charge is 2.13. The average Bonchev–Trinajstić information content (AvgIpc) is 2.44. The van der Waals surface area contributed by atoms with Gasteiger partial charge in [-0.3, -0.25) is 0 Å². The molecule has 0 unspecified atom stereocenters. The Bertz CT molecular complexity index is 624. The minimum atomic E-state index is -3.26. The van der Waals surface area contributed by atoms with E-state index in [1.54, 1.807) is 13.8 Å². The van der Waals surface area contributed by atoms with Gasteiger partial charge in [-0.1, -0.05) is 36.1 Å². The van der Waals surface area contributed by atoms with E-state index in [4.69, 9.17) is 4.74 Å². The summed E-state index contributed by atoms with van der Waals surface area (Å²) in [6, 6.07) is 7.69. The quantitative estimate of drug-likeness (QED) is 0.620. The van der Waals surface area contributed by atoms with Crippen LogP contribution in [-0.2, 0) is 16.4 Å². The first-order valence-electron chi connectivity index (χ1n) is 6.73. The van der Waals surface area contributed by atoms with Crippen LogP contribution in [0.4, 0.5) is 0 Å². The van der Waals surface area contributed by atoms with E-state index < -0.39 is 15.3 Å². The molecule has 0 aliphatic carbocycles. The molecule has 0 radical (unpaired) electrons. The van der Waals surface area contributed by atoms with Gasteiger partial charge in [-0.15, -0.1) is 6.58 Å². The van der Waals surface area contributed by atoms with Crippen LogP contribution in [-0.4, -0.2) is 26.8 Å². The van der Waals surface area contributed by atoms with Crippen molar-refractivity contribution in [2.24, 2.45) is 0 Å². The first-order valence-corrected chi connectivity index (χ1v) is 8.28. The van der Waals surface area contributed by atoms with Crippen molar-refractivity contribution in [2.45, 2.75) is 25.5 Å². The number of benzene rings is 1. The Morgan fingerprint density at radius 2 is 2.05 bits per heavy atom. The molecule has 0 aromatic heterocycles. The van der Waals surface area contributed by atoms with Gasteiger partial charge in [0, 0.05) is 0 Å². The maximum absolute atomic E-state index is 11.5. The third-order valence-corrected chi connectivity index (χ3v) is 4.53. The predicted molar refractivity (Wildman–Crippen MR) is 85.7 cm³/mol. The summed E-state index contributed by atoms with van der Waals surface area (Å²) in [4.78, 5) is 0. The Morgan fingerprint density at radius 1 is 1.33 bits per heavy atom. The second kappa shape index (κ2) is 8.50. The SMILES string of the molecule is C=CCc1ccccc1OCC#CCNS(=O)(=O)C(C)C. The van der Waals surface area contributed by atoms with Gasteiger partial charge in [0.15, 0.2) is 0 Å². The summed E-state index contributed by atoms with van der Waals surface area (Å²) in [5.74, 6) is 6.30. The molecule has 0 heterocycles. The van der Waals surface area contributed by atoms with Crippen LogP contribution in [0.15, 0.2) is 36.9 Å². The minimum Gasteiger partial charge on any atom is -0.481 e. The summed E-state index contributed by atoms with van der Waals surface area (Å²) in [5.41, 5.74) is 1.05. The molecule has 1 rings (SSSR count). The summed E-state index contributed by atoms with van der Waals surface area (Å²) >= 11 is 0. The number of rotatable bonds is 7. The lowest BCUT2D eigenvalue weighted by atomic mass is 10.1. The number of para-hydroxylation sites is 1. The van der Waals surface area contributed by atoms with Gasteiger partial charge in [0.05, 0.1) is 11.8 Å². The van der Waals surface area contributed by atoms with E-state index in [-0.39, 0.29) is 13.2 Å². The van der Waals surface area contributed by atoms with Crippen molar-refractivity contribution >= 4 is 10.0 Å². The second-order valence-corrected chi connectivity index (χ2v) is 6.98. The molecular weight excluding hydrogens is 286 g/mol. The largest absolute Gasteiger partial charge is 0.481 e. The van der Waals surface area contributed by atoms with Gasteiger partial charge in [-0.05, 0) is 31.9 Å². The first kappa shape index (κ1) is 17.3. The lowest BCUT2D eigenvalue weighted by Gasteiger charge is -2.07. The van der Waals surface area contributed by atoms with E-state index in [1.165, 1.54) is 0 Å². The number of ether oxygens (including phenoxy) is 1. The lowest BCUT2D eigenvalue weighted by Crippen LogP contribution is -2.31. The number of hydrogen-bond acceptors (Lipinski definition) is 3. The summed E-state index contributed by atoms with van der Waals surface area (Å²) in [6.45, 7) is 7.26. The number of nitrogens with one attached hydrogen (secondary N) is 1. The highest BCUT2D eigenvalue weighted by Crippen LogP contribution is 2.18. The Balaban J connectivity index is 2.45. The Kier molecular flexibility index (Phi) is 7.00. The molecule has 0 atom stereocenters. The molecule has 0 bridgehead atoms. The maximum atomic E-state index is 11.5. The third-order valence-electron chi connectivity index (χ3n) is 2.74. The van der Waals surface area contributed by atoms with Gasteiger partial charge in [-0.25, -0.2) is 13.1 Å². The topological polar surface area (TPSA) is 55.4 Å². The van der Waals surface area contributed by atoms with Crippen LogP contribution in [0.5, 0.6) is 5.75 Å². The van der Waals surface area contributed by atoms with Crippen LogP contribution in [0.3, 0.4) is 0 Å². The van der Waals surface area contributed by atoms with Gasteiger partial charge < -0.3 is 4.74 Å². The molecule has 0 amide bonds. The van der Waals surface area contributed by atoms with Crippen molar-refractivity contribution in [3.8, 4) is 17.6 Å². The van der Waals surface area contributed by atoms with Gasteiger partial charge in [0.2, 0.25) is 10.0 Å². The van der Waals surface area contributed by atoms with E-state index in [0.717, 1.165) is 17.7 Å². The molecule has 0 aliphatic rings. The first-order chi connectivity index (χ1) is 9.97. The zero-order valence-corrected chi connectivity index (χ0v) is 13.2. The maximum Gasteiger partial charge on any atom is 0.214 e.